The molecule has 76 valence electrons. The van der Waals surface area contributed by atoms with Gasteiger partial charge in [0.15, 0.2) is 0 Å². The van der Waals surface area contributed by atoms with Crippen molar-refractivity contribution in [2.45, 2.75) is 26.7 Å². The van der Waals surface area contributed by atoms with Crippen LogP contribution in [0.3, 0.4) is 0 Å². The third kappa shape index (κ3) is 2.99. The lowest BCUT2D eigenvalue weighted by Gasteiger charge is -2.36. The Morgan fingerprint density at radius 3 is 2.46 bits per heavy atom. The summed E-state index contributed by atoms with van der Waals surface area (Å²) < 4.78 is 5.13. The molecule has 0 bridgehead atoms. The molecule has 0 amide bonds. The Morgan fingerprint density at radius 1 is 1.54 bits per heavy atom. The van der Waals surface area contributed by atoms with Gasteiger partial charge in [0.2, 0.25) is 0 Å². The highest BCUT2D eigenvalue weighted by molar-refractivity contribution is 5.66. The summed E-state index contributed by atoms with van der Waals surface area (Å²) in [5, 5.41) is 8.59. The van der Waals surface area contributed by atoms with Crippen LogP contribution in [0, 0.1) is 17.8 Å². The van der Waals surface area contributed by atoms with Crippen molar-refractivity contribution in [2.75, 3.05) is 13.2 Å². The van der Waals surface area contributed by atoms with Crippen molar-refractivity contribution in [3.63, 3.8) is 0 Å². The molecular formula is C10H18O3. The van der Waals surface area contributed by atoms with E-state index in [9.17, 15) is 4.79 Å². The third-order valence-electron chi connectivity index (χ3n) is 2.82. The van der Waals surface area contributed by atoms with Gasteiger partial charge in [0, 0.05) is 12.3 Å². The smallest absolute Gasteiger partial charge is 0.303 e. The quantitative estimate of drug-likeness (QED) is 0.711. The number of ether oxygens (including phenoxy) is 1. The highest BCUT2D eigenvalue weighted by Crippen LogP contribution is 2.30. The van der Waals surface area contributed by atoms with E-state index in [1.165, 1.54) is 0 Å². The summed E-state index contributed by atoms with van der Waals surface area (Å²) in [4.78, 5) is 10.4. The Morgan fingerprint density at radius 2 is 2.15 bits per heavy atom. The average molecular weight is 186 g/mol. The van der Waals surface area contributed by atoms with Gasteiger partial charge in [-0.3, -0.25) is 4.79 Å². The predicted molar refractivity (Wildman–Crippen MR) is 49.5 cm³/mol. The van der Waals surface area contributed by atoms with E-state index in [1.807, 2.05) is 0 Å². The molecule has 1 unspecified atom stereocenters. The first-order valence-corrected chi connectivity index (χ1v) is 4.90. The number of carboxylic acid groups (broad SMARTS) is 1. The SMILES string of the molecule is CC(C)C(CCC(=O)O)C1COC1. The van der Waals surface area contributed by atoms with Gasteiger partial charge in [-0.25, -0.2) is 0 Å². The average Bonchev–Trinajstić information content (AvgIpc) is 1.92. The van der Waals surface area contributed by atoms with Crippen molar-refractivity contribution in [3.05, 3.63) is 0 Å². The number of hydrogen-bond donors (Lipinski definition) is 1. The van der Waals surface area contributed by atoms with Crippen LogP contribution in [0.5, 0.6) is 0 Å². The summed E-state index contributed by atoms with van der Waals surface area (Å²) in [6, 6.07) is 0. The summed E-state index contributed by atoms with van der Waals surface area (Å²) in [7, 11) is 0. The summed E-state index contributed by atoms with van der Waals surface area (Å²) in [6.07, 6.45) is 1.08. The Hall–Kier alpha value is -0.570. The molecule has 0 saturated carbocycles. The van der Waals surface area contributed by atoms with Crippen LogP contribution in [0.1, 0.15) is 26.7 Å². The lowest BCUT2D eigenvalue weighted by Crippen LogP contribution is -2.37. The molecule has 0 aromatic rings. The largest absolute Gasteiger partial charge is 0.481 e. The van der Waals surface area contributed by atoms with Crippen molar-refractivity contribution < 1.29 is 14.6 Å². The minimum atomic E-state index is -0.689. The fourth-order valence-corrected chi connectivity index (χ4v) is 1.90. The molecule has 1 heterocycles. The second kappa shape index (κ2) is 4.61. The Kier molecular flexibility index (Phi) is 3.72. The first-order valence-electron chi connectivity index (χ1n) is 4.90. The molecule has 0 radical (unpaired) electrons. The topological polar surface area (TPSA) is 46.5 Å². The molecule has 0 aromatic heterocycles. The summed E-state index contributed by atoms with van der Waals surface area (Å²) in [5.41, 5.74) is 0. The molecule has 13 heavy (non-hydrogen) atoms. The molecule has 3 heteroatoms. The van der Waals surface area contributed by atoms with Crippen LogP contribution in [-0.4, -0.2) is 24.3 Å². The lowest BCUT2D eigenvalue weighted by atomic mass is 9.79. The van der Waals surface area contributed by atoms with Crippen LogP contribution < -0.4 is 0 Å². The molecule has 0 aliphatic carbocycles. The summed E-state index contributed by atoms with van der Waals surface area (Å²) >= 11 is 0. The van der Waals surface area contributed by atoms with Gasteiger partial charge < -0.3 is 9.84 Å². The molecule has 1 fully saturated rings. The van der Waals surface area contributed by atoms with Gasteiger partial charge in [0.25, 0.3) is 0 Å². The van der Waals surface area contributed by atoms with E-state index in [-0.39, 0.29) is 0 Å². The van der Waals surface area contributed by atoms with Crippen LogP contribution in [0.25, 0.3) is 0 Å². The number of hydrogen-bond acceptors (Lipinski definition) is 2. The van der Waals surface area contributed by atoms with Gasteiger partial charge in [-0.1, -0.05) is 13.8 Å². The Balaban J connectivity index is 2.33. The predicted octanol–water partition coefficient (Wildman–Crippen LogP) is 1.77. The maximum absolute atomic E-state index is 10.4. The van der Waals surface area contributed by atoms with Crippen molar-refractivity contribution in [2.24, 2.45) is 17.8 Å². The second-order valence-corrected chi connectivity index (χ2v) is 4.14. The van der Waals surface area contributed by atoms with E-state index < -0.39 is 5.97 Å². The Bertz CT molecular complexity index is 173. The number of aliphatic carboxylic acids is 1. The fourth-order valence-electron chi connectivity index (χ4n) is 1.90. The normalized spacial score (nSPS) is 19.9. The van der Waals surface area contributed by atoms with Crippen LogP contribution in [-0.2, 0) is 9.53 Å². The number of carboxylic acids is 1. The van der Waals surface area contributed by atoms with Gasteiger partial charge in [-0.05, 0) is 18.3 Å². The highest BCUT2D eigenvalue weighted by Gasteiger charge is 2.30. The van der Waals surface area contributed by atoms with Crippen LogP contribution in [0.15, 0.2) is 0 Å². The van der Waals surface area contributed by atoms with Crippen LogP contribution in [0.4, 0.5) is 0 Å². The van der Waals surface area contributed by atoms with Gasteiger partial charge in [0.05, 0.1) is 13.2 Å². The molecule has 1 aliphatic rings. The lowest BCUT2D eigenvalue weighted by molar-refractivity contribution is -0.138. The molecule has 1 aliphatic heterocycles. The van der Waals surface area contributed by atoms with Crippen molar-refractivity contribution in [1.82, 2.24) is 0 Å². The van der Waals surface area contributed by atoms with Gasteiger partial charge >= 0.3 is 5.97 Å². The van der Waals surface area contributed by atoms with E-state index in [0.717, 1.165) is 19.6 Å². The monoisotopic (exact) mass is 186 g/mol. The van der Waals surface area contributed by atoms with Crippen LogP contribution in [0.2, 0.25) is 0 Å². The molecule has 0 spiro atoms. The molecule has 3 nitrogen and oxygen atoms in total. The fraction of sp³-hybridized carbons (Fsp3) is 0.900. The highest BCUT2D eigenvalue weighted by atomic mass is 16.5. The van der Waals surface area contributed by atoms with E-state index in [4.69, 9.17) is 9.84 Å². The molecular weight excluding hydrogens is 168 g/mol. The Labute approximate surface area is 79.1 Å². The van der Waals surface area contributed by atoms with Crippen molar-refractivity contribution in [3.8, 4) is 0 Å². The third-order valence-corrected chi connectivity index (χ3v) is 2.82. The van der Waals surface area contributed by atoms with E-state index in [0.29, 0.717) is 24.2 Å². The van der Waals surface area contributed by atoms with E-state index in [2.05, 4.69) is 13.8 Å². The van der Waals surface area contributed by atoms with E-state index >= 15 is 0 Å². The summed E-state index contributed by atoms with van der Waals surface area (Å²) in [5.74, 6) is 0.989. The molecule has 1 saturated heterocycles. The van der Waals surface area contributed by atoms with Crippen molar-refractivity contribution >= 4 is 5.97 Å². The zero-order valence-electron chi connectivity index (χ0n) is 8.32. The van der Waals surface area contributed by atoms with Gasteiger partial charge in [0.1, 0.15) is 0 Å². The van der Waals surface area contributed by atoms with Gasteiger partial charge in [-0.15, -0.1) is 0 Å². The molecule has 1 rings (SSSR count). The number of carbonyl (C=O) groups is 1. The first-order chi connectivity index (χ1) is 6.11. The summed E-state index contributed by atoms with van der Waals surface area (Å²) in [6.45, 7) is 5.96. The standard InChI is InChI=1S/C10H18O3/c1-7(2)9(3-4-10(11)12)8-5-13-6-8/h7-9H,3-6H2,1-2H3,(H,11,12). The van der Waals surface area contributed by atoms with E-state index in [1.54, 1.807) is 0 Å². The second-order valence-electron chi connectivity index (χ2n) is 4.14. The zero-order valence-corrected chi connectivity index (χ0v) is 8.32. The number of rotatable bonds is 5. The molecule has 1 atom stereocenters. The maximum atomic E-state index is 10.4. The minimum Gasteiger partial charge on any atom is -0.481 e. The minimum absolute atomic E-state index is 0.291. The molecule has 0 aromatic carbocycles. The maximum Gasteiger partial charge on any atom is 0.303 e. The zero-order chi connectivity index (χ0) is 9.84. The molecule has 1 N–H and O–H groups in total. The first kappa shape index (κ1) is 10.5. The van der Waals surface area contributed by atoms with Gasteiger partial charge in [-0.2, -0.15) is 0 Å². The van der Waals surface area contributed by atoms with Crippen LogP contribution >= 0.6 is 0 Å². The van der Waals surface area contributed by atoms with Crippen molar-refractivity contribution in [1.29, 1.82) is 0 Å².